The summed E-state index contributed by atoms with van der Waals surface area (Å²) in [7, 11) is 0. The number of ketones is 1. The highest BCUT2D eigenvalue weighted by atomic mass is 32.5. The summed E-state index contributed by atoms with van der Waals surface area (Å²) in [6, 6.07) is 0. The molecular formula is C29H56N3O8PS. The number of Topliss-reactive ketones (excluding diaryl/α,β-unsaturated/α-hetero) is 1. The average Bonchev–Trinajstić information content (AvgIpc) is 3.39. The van der Waals surface area contributed by atoms with Crippen molar-refractivity contribution in [2.45, 2.75) is 104 Å². The fourth-order valence-electron chi connectivity index (χ4n) is 3.40. The Hall–Kier alpha value is -0.820. The average molecular weight is 638 g/mol. The highest BCUT2D eigenvalue weighted by Crippen LogP contribution is 2.55. The molecule has 246 valence electrons. The molecule has 0 spiro atoms. The minimum atomic E-state index is -2.74. The number of unbranched alkanes of at least 4 members (excludes halogenated alkanes) is 4. The van der Waals surface area contributed by atoms with Crippen LogP contribution >= 0.6 is 6.49 Å². The van der Waals surface area contributed by atoms with E-state index >= 15 is 0 Å². The summed E-state index contributed by atoms with van der Waals surface area (Å²) in [5.41, 5.74) is 0.708. The first-order valence-corrected chi connectivity index (χ1v) is 17.8. The molecule has 0 aliphatic rings. The van der Waals surface area contributed by atoms with Gasteiger partial charge in [0.1, 0.15) is 11.5 Å². The summed E-state index contributed by atoms with van der Waals surface area (Å²) >= 11 is 5.22. The van der Waals surface area contributed by atoms with E-state index in [0.717, 1.165) is 37.8 Å². The van der Waals surface area contributed by atoms with E-state index in [1.807, 2.05) is 31.6 Å². The second kappa shape index (κ2) is 21.8. The zero-order chi connectivity index (χ0) is 31.3. The molecule has 0 saturated heterocycles. The molecule has 1 rings (SSSR count). The molecule has 1 unspecified atom stereocenters. The van der Waals surface area contributed by atoms with Crippen LogP contribution in [0.5, 0.6) is 0 Å². The molecule has 0 aliphatic heterocycles. The van der Waals surface area contributed by atoms with Crippen LogP contribution in [0.1, 0.15) is 92.2 Å². The van der Waals surface area contributed by atoms with E-state index in [0.29, 0.717) is 85.5 Å². The second-order valence-electron chi connectivity index (χ2n) is 12.2. The topological polar surface area (TPSA) is 123 Å². The molecule has 1 atom stereocenters. The maximum Gasteiger partial charge on any atom is 0.191 e. The Balaban J connectivity index is 1.79. The summed E-state index contributed by atoms with van der Waals surface area (Å²) in [4.78, 5) is 22.2. The van der Waals surface area contributed by atoms with E-state index in [-0.39, 0.29) is 16.5 Å². The number of aromatic nitrogens is 3. The van der Waals surface area contributed by atoms with Gasteiger partial charge in [0, 0.05) is 18.0 Å². The van der Waals surface area contributed by atoms with E-state index in [2.05, 4.69) is 31.1 Å². The Labute approximate surface area is 258 Å². The largest absolute Gasteiger partial charge is 0.379 e. The molecule has 0 radical (unpaired) electrons. The van der Waals surface area contributed by atoms with Crippen molar-refractivity contribution in [2.75, 3.05) is 66.1 Å². The normalized spacial score (nSPS) is 13.9. The molecular weight excluding hydrogens is 581 g/mol. The molecule has 0 fully saturated rings. The molecule has 1 N–H and O–H groups in total. The highest BCUT2D eigenvalue weighted by molar-refractivity contribution is 8.10. The number of ether oxygens (including phenoxy) is 5. The Morgan fingerprint density at radius 2 is 1.26 bits per heavy atom. The zero-order valence-corrected chi connectivity index (χ0v) is 28.5. The van der Waals surface area contributed by atoms with Crippen LogP contribution in [0, 0.1) is 0 Å². The summed E-state index contributed by atoms with van der Waals surface area (Å²) in [5.74, 6) is 0.234. The molecule has 13 heteroatoms. The predicted octanol–water partition coefficient (Wildman–Crippen LogP) is 5.03. The summed E-state index contributed by atoms with van der Waals surface area (Å²) in [6.07, 6.45) is 7.77. The number of nitrogens with zero attached hydrogens (tertiary/aromatic N) is 3. The molecule has 42 heavy (non-hydrogen) atoms. The van der Waals surface area contributed by atoms with E-state index < -0.39 is 6.49 Å². The minimum absolute atomic E-state index is 0.0930. The van der Waals surface area contributed by atoms with E-state index in [4.69, 9.17) is 40.0 Å². The standard InChI is InChI=1S/C29H56N3O8PS/c1-28(2,3)32-24-26(30-31-32)25-39-23-22-38-21-20-37-19-18-36-17-16-35-15-13-27(33)12-10-8-7-9-11-14-40-41(34,42)29(4,5)6/h24H,7-23,25H2,1-6H3,(H,34,42). The van der Waals surface area contributed by atoms with Crippen molar-refractivity contribution >= 4 is 24.1 Å². The van der Waals surface area contributed by atoms with Gasteiger partial charge in [-0.15, -0.1) is 5.10 Å². The number of carbonyl (C=O) groups is 1. The van der Waals surface area contributed by atoms with Gasteiger partial charge in [-0.05, 0) is 45.4 Å². The molecule has 0 saturated carbocycles. The van der Waals surface area contributed by atoms with Crippen LogP contribution in [0.25, 0.3) is 0 Å². The van der Waals surface area contributed by atoms with E-state index in [1.165, 1.54) is 0 Å². The third kappa shape index (κ3) is 19.5. The lowest BCUT2D eigenvalue weighted by Gasteiger charge is -2.29. The molecule has 0 bridgehead atoms. The van der Waals surface area contributed by atoms with Crippen molar-refractivity contribution in [3.8, 4) is 0 Å². The third-order valence-electron chi connectivity index (χ3n) is 6.21. The van der Waals surface area contributed by atoms with Crippen molar-refractivity contribution in [1.82, 2.24) is 15.0 Å². The molecule has 1 aromatic rings. The van der Waals surface area contributed by atoms with E-state index in [1.54, 1.807) is 0 Å². The lowest BCUT2D eigenvalue weighted by atomic mass is 10.1. The summed E-state index contributed by atoms with van der Waals surface area (Å²) < 4.78 is 34.9. The van der Waals surface area contributed by atoms with Gasteiger partial charge in [-0.25, -0.2) is 4.68 Å². The molecule has 0 aliphatic carbocycles. The fourth-order valence-corrected chi connectivity index (χ4v) is 4.38. The maximum atomic E-state index is 12.0. The lowest BCUT2D eigenvalue weighted by Crippen LogP contribution is -2.22. The SMILES string of the molecule is CC(C)(C)n1cc(COCCOCCOCCOCCOCCC(=O)CCCCCCCOP(O)(=S)C(C)(C)C)nn1. The first-order valence-electron chi connectivity index (χ1n) is 15.1. The number of hydrogen-bond donors (Lipinski definition) is 1. The van der Waals surface area contributed by atoms with Gasteiger partial charge in [0.05, 0.1) is 84.4 Å². The molecule has 1 aromatic heterocycles. The van der Waals surface area contributed by atoms with Gasteiger partial charge in [0.25, 0.3) is 0 Å². The molecule has 0 amide bonds. The maximum absolute atomic E-state index is 12.0. The van der Waals surface area contributed by atoms with Crippen molar-refractivity contribution in [2.24, 2.45) is 0 Å². The smallest absolute Gasteiger partial charge is 0.191 e. The van der Waals surface area contributed by atoms with Crippen LogP contribution in [0.3, 0.4) is 0 Å². The van der Waals surface area contributed by atoms with Crippen molar-refractivity contribution in [3.05, 3.63) is 11.9 Å². The van der Waals surface area contributed by atoms with Crippen LogP contribution in [-0.2, 0) is 57.0 Å². The van der Waals surface area contributed by atoms with Gasteiger partial charge < -0.3 is 33.1 Å². The van der Waals surface area contributed by atoms with Crippen LogP contribution in [-0.4, -0.2) is 96.9 Å². The summed E-state index contributed by atoms with van der Waals surface area (Å²) in [6.45, 7) is 14.4. The van der Waals surface area contributed by atoms with Gasteiger partial charge in [-0.2, -0.15) is 0 Å². The molecule has 11 nitrogen and oxygen atoms in total. The second-order valence-corrected chi connectivity index (χ2v) is 16.3. The van der Waals surface area contributed by atoms with Crippen molar-refractivity contribution in [3.63, 3.8) is 0 Å². The fraction of sp³-hybridized carbons (Fsp3) is 0.897. The van der Waals surface area contributed by atoms with Gasteiger partial charge in [-0.3, -0.25) is 4.79 Å². The molecule has 0 aromatic carbocycles. The van der Waals surface area contributed by atoms with Crippen molar-refractivity contribution < 1.29 is 37.9 Å². The van der Waals surface area contributed by atoms with Crippen molar-refractivity contribution in [1.29, 1.82) is 0 Å². The van der Waals surface area contributed by atoms with Gasteiger partial charge in [0.15, 0.2) is 6.49 Å². The lowest BCUT2D eigenvalue weighted by molar-refractivity contribution is -0.120. The Morgan fingerprint density at radius 1 is 0.762 bits per heavy atom. The first kappa shape index (κ1) is 39.2. The van der Waals surface area contributed by atoms with Crippen LogP contribution in [0.15, 0.2) is 6.20 Å². The Bertz CT molecular complexity index is 889. The van der Waals surface area contributed by atoms with Crippen LogP contribution < -0.4 is 0 Å². The Morgan fingerprint density at radius 3 is 1.79 bits per heavy atom. The van der Waals surface area contributed by atoms with E-state index in [9.17, 15) is 9.69 Å². The predicted molar refractivity (Wildman–Crippen MR) is 167 cm³/mol. The monoisotopic (exact) mass is 637 g/mol. The summed E-state index contributed by atoms with van der Waals surface area (Å²) in [5, 5.41) is 7.83. The highest BCUT2D eigenvalue weighted by Gasteiger charge is 2.30. The Kier molecular flexibility index (Phi) is 20.4. The van der Waals surface area contributed by atoms with Crippen LogP contribution in [0.4, 0.5) is 0 Å². The zero-order valence-electron chi connectivity index (χ0n) is 26.8. The van der Waals surface area contributed by atoms with Gasteiger partial charge in [0.2, 0.25) is 0 Å². The number of carbonyl (C=O) groups excluding carboxylic acids is 1. The number of rotatable bonds is 26. The first-order chi connectivity index (χ1) is 19.8. The molecule has 1 heterocycles. The van der Waals surface area contributed by atoms with Gasteiger partial charge in [-0.1, -0.05) is 45.2 Å². The third-order valence-corrected chi connectivity index (χ3v) is 10.4. The quantitative estimate of drug-likeness (QED) is 0.109. The minimum Gasteiger partial charge on any atom is -0.379 e. The van der Waals surface area contributed by atoms with Crippen LogP contribution in [0.2, 0.25) is 0 Å². The number of hydrogen-bond acceptors (Lipinski definition) is 10. The van der Waals surface area contributed by atoms with Gasteiger partial charge >= 0.3 is 0 Å².